The molecule has 1 atom stereocenters. The van der Waals surface area contributed by atoms with Gasteiger partial charge in [-0.1, -0.05) is 32.9 Å². The highest BCUT2D eigenvalue weighted by atomic mass is 16.3. The van der Waals surface area contributed by atoms with E-state index in [4.69, 9.17) is 5.73 Å². The van der Waals surface area contributed by atoms with E-state index in [2.05, 4.69) is 13.8 Å². The summed E-state index contributed by atoms with van der Waals surface area (Å²) < 4.78 is 0. The molecule has 1 aromatic rings. The number of hydrogen-bond acceptors (Lipinski definition) is 2. The molecule has 0 aromatic heterocycles. The molecule has 0 amide bonds. The summed E-state index contributed by atoms with van der Waals surface area (Å²) in [6, 6.07) is 5.63. The van der Waals surface area contributed by atoms with E-state index in [9.17, 15) is 5.11 Å². The van der Waals surface area contributed by atoms with Crippen molar-refractivity contribution in [1.82, 2.24) is 0 Å². The van der Waals surface area contributed by atoms with Crippen molar-refractivity contribution in [3.8, 4) is 5.75 Å². The van der Waals surface area contributed by atoms with Crippen LogP contribution in [-0.4, -0.2) is 5.11 Å². The first-order valence-corrected chi connectivity index (χ1v) is 5.14. The molecule has 0 aliphatic heterocycles. The highest BCUT2D eigenvalue weighted by molar-refractivity contribution is 5.39. The van der Waals surface area contributed by atoms with Crippen molar-refractivity contribution in [3.05, 3.63) is 29.3 Å². The lowest BCUT2D eigenvalue weighted by Crippen LogP contribution is -2.09. The molecule has 0 aliphatic carbocycles. The molecular weight excluding hydrogens is 174 g/mol. The number of nitrogens with two attached hydrogens (primary N) is 1. The van der Waals surface area contributed by atoms with Gasteiger partial charge in [0.25, 0.3) is 0 Å². The molecule has 0 saturated heterocycles. The zero-order chi connectivity index (χ0) is 10.7. The van der Waals surface area contributed by atoms with E-state index in [0.717, 1.165) is 12.0 Å². The number of phenols is 1. The van der Waals surface area contributed by atoms with E-state index in [1.807, 2.05) is 19.1 Å². The zero-order valence-corrected chi connectivity index (χ0v) is 9.12. The van der Waals surface area contributed by atoms with Gasteiger partial charge < -0.3 is 10.8 Å². The maximum atomic E-state index is 9.64. The second-order valence-corrected chi connectivity index (χ2v) is 3.99. The molecule has 14 heavy (non-hydrogen) atoms. The number of hydrogen-bond donors (Lipinski definition) is 2. The summed E-state index contributed by atoms with van der Waals surface area (Å²) in [7, 11) is 0. The first-order chi connectivity index (χ1) is 6.56. The lowest BCUT2D eigenvalue weighted by molar-refractivity contribution is 0.459. The SMILES string of the molecule is CCC(N)c1cc(C(C)C)ccc1O. The molecule has 3 N–H and O–H groups in total. The third kappa shape index (κ3) is 2.26. The Morgan fingerprint density at radius 1 is 1.36 bits per heavy atom. The fourth-order valence-corrected chi connectivity index (χ4v) is 1.45. The second kappa shape index (κ2) is 4.47. The lowest BCUT2D eigenvalue weighted by atomic mass is 9.96. The van der Waals surface area contributed by atoms with Crippen molar-refractivity contribution < 1.29 is 5.11 Å². The Labute approximate surface area is 85.8 Å². The minimum atomic E-state index is -0.0614. The Bertz CT molecular complexity index is 307. The summed E-state index contributed by atoms with van der Waals surface area (Å²) in [5.74, 6) is 0.780. The van der Waals surface area contributed by atoms with Crippen molar-refractivity contribution in [2.24, 2.45) is 5.73 Å². The van der Waals surface area contributed by atoms with Gasteiger partial charge in [0.1, 0.15) is 5.75 Å². The fraction of sp³-hybridized carbons (Fsp3) is 0.500. The van der Waals surface area contributed by atoms with Gasteiger partial charge in [-0.2, -0.15) is 0 Å². The maximum Gasteiger partial charge on any atom is 0.120 e. The molecule has 0 fully saturated rings. The molecule has 0 bridgehead atoms. The van der Waals surface area contributed by atoms with Gasteiger partial charge in [0, 0.05) is 11.6 Å². The normalized spacial score (nSPS) is 13.2. The first kappa shape index (κ1) is 11.1. The lowest BCUT2D eigenvalue weighted by Gasteiger charge is -2.14. The van der Waals surface area contributed by atoms with Crippen LogP contribution in [0.15, 0.2) is 18.2 Å². The van der Waals surface area contributed by atoms with Crippen molar-refractivity contribution in [2.75, 3.05) is 0 Å². The van der Waals surface area contributed by atoms with Crippen LogP contribution in [0.5, 0.6) is 5.75 Å². The molecule has 0 aliphatic rings. The third-order valence-electron chi connectivity index (χ3n) is 2.56. The number of rotatable bonds is 3. The molecule has 1 unspecified atom stereocenters. The fourth-order valence-electron chi connectivity index (χ4n) is 1.45. The molecule has 78 valence electrons. The van der Waals surface area contributed by atoms with Crippen LogP contribution in [0.3, 0.4) is 0 Å². The molecule has 0 spiro atoms. The summed E-state index contributed by atoms with van der Waals surface area (Å²) >= 11 is 0. The molecule has 0 saturated carbocycles. The summed E-state index contributed by atoms with van der Waals surface area (Å²) in [6.07, 6.45) is 0.842. The third-order valence-corrected chi connectivity index (χ3v) is 2.56. The van der Waals surface area contributed by atoms with Gasteiger partial charge in [0.05, 0.1) is 0 Å². The van der Waals surface area contributed by atoms with Gasteiger partial charge in [-0.3, -0.25) is 0 Å². The summed E-state index contributed by atoms with van der Waals surface area (Å²) in [6.45, 7) is 6.29. The standard InChI is InChI=1S/C12H19NO/c1-4-11(13)10-7-9(8(2)3)5-6-12(10)14/h5-8,11,14H,4,13H2,1-3H3. The molecule has 0 heterocycles. The molecule has 2 nitrogen and oxygen atoms in total. The van der Waals surface area contributed by atoms with Gasteiger partial charge in [-0.05, 0) is 24.0 Å². The topological polar surface area (TPSA) is 46.2 Å². The monoisotopic (exact) mass is 193 g/mol. The van der Waals surface area contributed by atoms with Gasteiger partial charge in [-0.25, -0.2) is 0 Å². The van der Waals surface area contributed by atoms with E-state index < -0.39 is 0 Å². The number of phenolic OH excluding ortho intramolecular Hbond substituents is 1. The van der Waals surface area contributed by atoms with Crippen LogP contribution >= 0.6 is 0 Å². The number of benzene rings is 1. The average molecular weight is 193 g/mol. The smallest absolute Gasteiger partial charge is 0.120 e. The van der Waals surface area contributed by atoms with Crippen LogP contribution < -0.4 is 5.73 Å². The van der Waals surface area contributed by atoms with Crippen LogP contribution in [0, 0.1) is 0 Å². The summed E-state index contributed by atoms with van der Waals surface area (Å²) in [4.78, 5) is 0. The van der Waals surface area contributed by atoms with Crippen LogP contribution in [0.25, 0.3) is 0 Å². The van der Waals surface area contributed by atoms with Crippen LogP contribution in [0.2, 0.25) is 0 Å². The highest BCUT2D eigenvalue weighted by Crippen LogP contribution is 2.28. The Hall–Kier alpha value is -1.02. The average Bonchev–Trinajstić information content (AvgIpc) is 2.17. The summed E-state index contributed by atoms with van der Waals surface area (Å²) in [5, 5.41) is 9.64. The summed E-state index contributed by atoms with van der Waals surface area (Å²) in [5.41, 5.74) is 7.99. The Balaban J connectivity index is 3.08. The maximum absolute atomic E-state index is 9.64. The molecule has 0 radical (unpaired) electrons. The van der Waals surface area contributed by atoms with E-state index in [-0.39, 0.29) is 6.04 Å². The van der Waals surface area contributed by atoms with Crippen molar-refractivity contribution in [1.29, 1.82) is 0 Å². The molecular formula is C12H19NO. The predicted octanol–water partition coefficient (Wildman–Crippen LogP) is 2.93. The van der Waals surface area contributed by atoms with Gasteiger partial charge >= 0.3 is 0 Å². The van der Waals surface area contributed by atoms with Gasteiger partial charge in [0.15, 0.2) is 0 Å². The van der Waals surface area contributed by atoms with Crippen LogP contribution in [-0.2, 0) is 0 Å². The van der Waals surface area contributed by atoms with Crippen molar-refractivity contribution in [3.63, 3.8) is 0 Å². The molecule has 1 rings (SSSR count). The van der Waals surface area contributed by atoms with E-state index in [0.29, 0.717) is 11.7 Å². The Morgan fingerprint density at radius 3 is 2.50 bits per heavy atom. The molecule has 1 aromatic carbocycles. The number of aromatic hydroxyl groups is 1. The molecule has 2 heteroatoms. The Morgan fingerprint density at radius 2 is 2.00 bits per heavy atom. The van der Waals surface area contributed by atoms with Gasteiger partial charge in [-0.15, -0.1) is 0 Å². The zero-order valence-electron chi connectivity index (χ0n) is 9.12. The first-order valence-electron chi connectivity index (χ1n) is 5.14. The quantitative estimate of drug-likeness (QED) is 0.775. The highest BCUT2D eigenvalue weighted by Gasteiger charge is 2.10. The van der Waals surface area contributed by atoms with Crippen molar-refractivity contribution in [2.45, 2.75) is 39.2 Å². The minimum absolute atomic E-state index is 0.0614. The van der Waals surface area contributed by atoms with Crippen molar-refractivity contribution >= 4 is 0 Å². The predicted molar refractivity (Wildman–Crippen MR) is 59.4 cm³/mol. The largest absolute Gasteiger partial charge is 0.508 e. The van der Waals surface area contributed by atoms with E-state index >= 15 is 0 Å². The Kier molecular flexibility index (Phi) is 3.53. The minimum Gasteiger partial charge on any atom is -0.508 e. The van der Waals surface area contributed by atoms with Crippen LogP contribution in [0.4, 0.5) is 0 Å². The van der Waals surface area contributed by atoms with E-state index in [1.165, 1.54) is 5.56 Å². The van der Waals surface area contributed by atoms with Crippen LogP contribution in [0.1, 0.15) is 50.3 Å². The second-order valence-electron chi connectivity index (χ2n) is 3.99. The van der Waals surface area contributed by atoms with E-state index in [1.54, 1.807) is 6.07 Å². The van der Waals surface area contributed by atoms with Gasteiger partial charge in [0.2, 0.25) is 0 Å².